The third kappa shape index (κ3) is 3.61. The van der Waals surface area contributed by atoms with Crippen molar-refractivity contribution in [2.45, 2.75) is 36.9 Å². The lowest BCUT2D eigenvalue weighted by molar-refractivity contribution is -0.137. The Kier molecular flexibility index (Phi) is 4.84. The lowest BCUT2D eigenvalue weighted by Gasteiger charge is -2.33. The summed E-state index contributed by atoms with van der Waals surface area (Å²) >= 11 is 0. The van der Waals surface area contributed by atoms with Gasteiger partial charge in [-0.25, -0.2) is 8.42 Å². The van der Waals surface area contributed by atoms with Gasteiger partial charge in [-0.15, -0.1) is 0 Å². The number of alkyl halides is 3. The summed E-state index contributed by atoms with van der Waals surface area (Å²) in [5, 5.41) is 9.61. The van der Waals surface area contributed by atoms with Gasteiger partial charge in [-0.2, -0.15) is 17.5 Å². The molecule has 0 spiro atoms. The van der Waals surface area contributed by atoms with Crippen molar-refractivity contribution < 1.29 is 26.7 Å². The van der Waals surface area contributed by atoms with Crippen LogP contribution in [0.15, 0.2) is 29.2 Å². The van der Waals surface area contributed by atoms with Crippen LogP contribution in [0.25, 0.3) is 0 Å². The van der Waals surface area contributed by atoms with Crippen LogP contribution in [0.1, 0.15) is 25.3 Å². The molecule has 1 saturated heterocycles. The van der Waals surface area contributed by atoms with Crippen molar-refractivity contribution in [3.8, 4) is 0 Å². The number of sulfonamides is 1. The number of nitrogens with zero attached hydrogens (tertiary/aromatic N) is 1. The van der Waals surface area contributed by atoms with E-state index in [2.05, 4.69) is 0 Å². The zero-order chi connectivity index (χ0) is 16.5. The Morgan fingerprint density at radius 3 is 2.64 bits per heavy atom. The fourth-order valence-corrected chi connectivity index (χ4v) is 4.15. The van der Waals surface area contributed by atoms with Crippen LogP contribution in [-0.4, -0.2) is 37.0 Å². The second-order valence-electron chi connectivity index (χ2n) is 5.53. The maximum atomic E-state index is 12.7. The molecular weight excluding hydrogens is 319 g/mol. The number of rotatable bonds is 3. The van der Waals surface area contributed by atoms with Gasteiger partial charge in [-0.05, 0) is 43.9 Å². The first-order valence-electron chi connectivity index (χ1n) is 6.98. The number of halogens is 3. The molecule has 124 valence electrons. The Labute approximate surface area is 127 Å². The predicted molar refractivity (Wildman–Crippen MR) is 74.6 cm³/mol. The van der Waals surface area contributed by atoms with Crippen molar-refractivity contribution in [3.63, 3.8) is 0 Å². The average Bonchev–Trinajstić information content (AvgIpc) is 2.46. The molecule has 22 heavy (non-hydrogen) atoms. The summed E-state index contributed by atoms with van der Waals surface area (Å²) < 4.78 is 64.4. The highest BCUT2D eigenvalue weighted by atomic mass is 32.2. The highest BCUT2D eigenvalue weighted by Gasteiger charge is 2.35. The molecule has 0 bridgehead atoms. The molecule has 1 heterocycles. The molecule has 0 aliphatic carbocycles. The molecular formula is C14H18F3NO3S. The quantitative estimate of drug-likeness (QED) is 0.922. The smallest absolute Gasteiger partial charge is 0.393 e. The average molecular weight is 337 g/mol. The van der Waals surface area contributed by atoms with Gasteiger partial charge in [-0.3, -0.25) is 0 Å². The highest BCUT2D eigenvalue weighted by Crippen LogP contribution is 2.32. The van der Waals surface area contributed by atoms with E-state index in [0.29, 0.717) is 18.9 Å². The fourth-order valence-electron chi connectivity index (χ4n) is 2.57. The van der Waals surface area contributed by atoms with E-state index >= 15 is 0 Å². The Morgan fingerprint density at radius 2 is 2.05 bits per heavy atom. The monoisotopic (exact) mass is 337 g/mol. The zero-order valence-corrected chi connectivity index (χ0v) is 12.9. The number of aliphatic hydroxyl groups is 1. The number of benzene rings is 1. The second kappa shape index (κ2) is 6.17. The maximum absolute atomic E-state index is 12.7. The van der Waals surface area contributed by atoms with Gasteiger partial charge in [0.1, 0.15) is 0 Å². The Morgan fingerprint density at radius 1 is 1.36 bits per heavy atom. The summed E-state index contributed by atoms with van der Waals surface area (Å²) in [6.07, 6.45) is -3.96. The molecule has 0 amide bonds. The van der Waals surface area contributed by atoms with Crippen molar-refractivity contribution in [2.75, 3.05) is 13.1 Å². The fraction of sp³-hybridized carbons (Fsp3) is 0.571. The minimum atomic E-state index is -4.59. The Hall–Kier alpha value is -1.12. The van der Waals surface area contributed by atoms with E-state index in [1.54, 1.807) is 6.92 Å². The largest absolute Gasteiger partial charge is 0.416 e. The van der Waals surface area contributed by atoms with E-state index in [4.69, 9.17) is 0 Å². The van der Waals surface area contributed by atoms with E-state index in [1.165, 1.54) is 0 Å². The molecule has 0 saturated carbocycles. The van der Waals surface area contributed by atoms with Gasteiger partial charge in [0.2, 0.25) is 10.0 Å². The molecule has 1 aliphatic rings. The maximum Gasteiger partial charge on any atom is 0.416 e. The number of piperidine rings is 1. The van der Waals surface area contributed by atoms with Gasteiger partial charge >= 0.3 is 6.18 Å². The predicted octanol–water partition coefficient (Wildman–Crippen LogP) is 2.49. The van der Waals surface area contributed by atoms with Crippen LogP contribution in [-0.2, 0) is 16.2 Å². The second-order valence-corrected chi connectivity index (χ2v) is 7.47. The van der Waals surface area contributed by atoms with E-state index < -0.39 is 27.9 Å². The molecule has 0 radical (unpaired) electrons. The molecule has 1 fully saturated rings. The SMILES string of the molecule is CC(O)C1CCCN(S(=O)(=O)c2cccc(C(F)(F)F)c2)C1. The summed E-state index contributed by atoms with van der Waals surface area (Å²) in [6.45, 7) is 1.96. The lowest BCUT2D eigenvalue weighted by Crippen LogP contribution is -2.42. The van der Waals surface area contributed by atoms with E-state index in [0.717, 1.165) is 22.5 Å². The van der Waals surface area contributed by atoms with Crippen LogP contribution in [0, 0.1) is 5.92 Å². The molecule has 1 aromatic rings. The van der Waals surface area contributed by atoms with Crippen LogP contribution in [0.2, 0.25) is 0 Å². The van der Waals surface area contributed by atoms with Gasteiger partial charge in [0.05, 0.1) is 16.6 Å². The molecule has 1 aromatic carbocycles. The van der Waals surface area contributed by atoms with Crippen molar-refractivity contribution in [1.29, 1.82) is 0 Å². The van der Waals surface area contributed by atoms with Gasteiger partial charge in [0, 0.05) is 13.1 Å². The summed E-state index contributed by atoms with van der Waals surface area (Å²) in [5.74, 6) is -0.200. The van der Waals surface area contributed by atoms with E-state index in [1.807, 2.05) is 0 Å². The summed E-state index contributed by atoms with van der Waals surface area (Å²) in [5.41, 5.74) is -0.988. The summed E-state index contributed by atoms with van der Waals surface area (Å²) in [7, 11) is -3.99. The first kappa shape index (κ1) is 17.2. The summed E-state index contributed by atoms with van der Waals surface area (Å²) in [6, 6.07) is 3.75. The highest BCUT2D eigenvalue weighted by molar-refractivity contribution is 7.89. The standard InChI is InChI=1S/C14H18F3NO3S/c1-10(19)11-4-3-7-18(9-11)22(20,21)13-6-2-5-12(8-13)14(15,16)17/h2,5-6,8,10-11,19H,3-4,7,9H2,1H3. The first-order chi connectivity index (χ1) is 10.1. The van der Waals surface area contributed by atoms with Gasteiger partial charge in [0.25, 0.3) is 0 Å². The van der Waals surface area contributed by atoms with Crippen LogP contribution >= 0.6 is 0 Å². The number of hydrogen-bond donors (Lipinski definition) is 1. The molecule has 4 nitrogen and oxygen atoms in total. The molecule has 8 heteroatoms. The first-order valence-corrected chi connectivity index (χ1v) is 8.42. The Balaban J connectivity index is 2.30. The van der Waals surface area contributed by atoms with Crippen molar-refractivity contribution in [3.05, 3.63) is 29.8 Å². The van der Waals surface area contributed by atoms with Crippen LogP contribution in [0.4, 0.5) is 13.2 Å². The zero-order valence-electron chi connectivity index (χ0n) is 12.0. The van der Waals surface area contributed by atoms with Crippen molar-refractivity contribution in [2.24, 2.45) is 5.92 Å². The normalized spacial score (nSPS) is 22.5. The van der Waals surface area contributed by atoms with E-state index in [9.17, 15) is 26.7 Å². The van der Waals surface area contributed by atoms with Gasteiger partial charge in [-0.1, -0.05) is 6.07 Å². The molecule has 1 aliphatic heterocycles. The number of aliphatic hydroxyl groups excluding tert-OH is 1. The van der Waals surface area contributed by atoms with Crippen LogP contribution < -0.4 is 0 Å². The molecule has 1 N–H and O–H groups in total. The minimum absolute atomic E-state index is 0.121. The molecule has 0 aromatic heterocycles. The van der Waals surface area contributed by atoms with Gasteiger partial charge < -0.3 is 5.11 Å². The van der Waals surface area contributed by atoms with Crippen LogP contribution in [0.3, 0.4) is 0 Å². The third-order valence-electron chi connectivity index (χ3n) is 3.90. The van der Waals surface area contributed by atoms with Crippen molar-refractivity contribution in [1.82, 2.24) is 4.31 Å². The third-order valence-corrected chi connectivity index (χ3v) is 5.76. The van der Waals surface area contributed by atoms with Gasteiger partial charge in [0.15, 0.2) is 0 Å². The lowest BCUT2D eigenvalue weighted by atomic mass is 9.95. The Bertz CT molecular complexity index is 628. The van der Waals surface area contributed by atoms with Crippen molar-refractivity contribution >= 4 is 10.0 Å². The molecule has 2 rings (SSSR count). The van der Waals surface area contributed by atoms with E-state index in [-0.39, 0.29) is 23.9 Å². The topological polar surface area (TPSA) is 57.6 Å². The minimum Gasteiger partial charge on any atom is -0.393 e. The molecule has 2 atom stereocenters. The number of hydrogen-bond acceptors (Lipinski definition) is 3. The summed E-state index contributed by atoms with van der Waals surface area (Å²) in [4.78, 5) is -0.367. The molecule has 2 unspecified atom stereocenters. The van der Waals surface area contributed by atoms with Crippen LogP contribution in [0.5, 0.6) is 0 Å².